The molecular weight excluding hydrogens is 240 g/mol. The van der Waals surface area contributed by atoms with Gasteiger partial charge in [-0.05, 0) is 38.8 Å². The minimum absolute atomic E-state index is 0.0789. The van der Waals surface area contributed by atoms with E-state index in [9.17, 15) is 0 Å². The van der Waals surface area contributed by atoms with Crippen LogP contribution in [0.3, 0.4) is 0 Å². The lowest BCUT2D eigenvalue weighted by molar-refractivity contribution is 0.327. The molecule has 0 bridgehead atoms. The van der Waals surface area contributed by atoms with Crippen molar-refractivity contribution in [1.29, 1.82) is 0 Å². The van der Waals surface area contributed by atoms with Crippen molar-refractivity contribution in [3.8, 4) is 11.5 Å². The Bertz CT molecular complexity index is 446. The van der Waals surface area contributed by atoms with Gasteiger partial charge in [0.05, 0.1) is 19.9 Å². The number of ether oxygens (including phenoxy) is 2. The smallest absolute Gasteiger partial charge is 0.142 e. The number of methoxy groups -OCH3 is 2. The molecule has 1 aliphatic rings. The molecule has 1 fully saturated rings. The predicted molar refractivity (Wildman–Crippen MR) is 78.2 cm³/mol. The van der Waals surface area contributed by atoms with Gasteiger partial charge in [-0.25, -0.2) is 0 Å². The second kappa shape index (κ2) is 5.29. The topological polar surface area (TPSA) is 47.7 Å². The number of nitrogens with two attached hydrogens (primary N) is 1. The molecule has 1 atom stereocenters. The Balaban J connectivity index is 2.42. The SMILES string of the molecule is COc1ccc(OC)c(N2CC(N)CCC2(C)C)c1. The maximum Gasteiger partial charge on any atom is 0.142 e. The van der Waals surface area contributed by atoms with Crippen LogP contribution in [0, 0.1) is 0 Å². The quantitative estimate of drug-likeness (QED) is 0.910. The molecule has 0 saturated carbocycles. The second-order valence-electron chi connectivity index (χ2n) is 5.76. The van der Waals surface area contributed by atoms with Gasteiger partial charge in [-0.15, -0.1) is 0 Å². The summed E-state index contributed by atoms with van der Waals surface area (Å²) in [5.74, 6) is 1.70. The first-order valence-corrected chi connectivity index (χ1v) is 6.73. The minimum Gasteiger partial charge on any atom is -0.497 e. The van der Waals surface area contributed by atoms with Gasteiger partial charge >= 0.3 is 0 Å². The van der Waals surface area contributed by atoms with E-state index in [1.807, 2.05) is 18.2 Å². The molecule has 2 N–H and O–H groups in total. The van der Waals surface area contributed by atoms with E-state index < -0.39 is 0 Å². The Morgan fingerprint density at radius 3 is 2.63 bits per heavy atom. The lowest BCUT2D eigenvalue weighted by Crippen LogP contribution is -2.54. The summed E-state index contributed by atoms with van der Waals surface area (Å²) in [7, 11) is 3.38. The Hall–Kier alpha value is -1.42. The van der Waals surface area contributed by atoms with Crippen LogP contribution in [0.4, 0.5) is 5.69 Å². The molecule has 1 unspecified atom stereocenters. The normalized spacial score (nSPS) is 22.2. The first kappa shape index (κ1) is 14.0. The van der Waals surface area contributed by atoms with Crippen LogP contribution < -0.4 is 20.1 Å². The van der Waals surface area contributed by atoms with Crippen molar-refractivity contribution in [3.05, 3.63) is 18.2 Å². The highest BCUT2D eigenvalue weighted by molar-refractivity contribution is 5.63. The van der Waals surface area contributed by atoms with E-state index in [4.69, 9.17) is 15.2 Å². The zero-order valence-corrected chi connectivity index (χ0v) is 12.3. The number of hydrogen-bond donors (Lipinski definition) is 1. The summed E-state index contributed by atoms with van der Waals surface area (Å²) < 4.78 is 10.8. The molecule has 0 amide bonds. The van der Waals surface area contributed by atoms with E-state index in [1.165, 1.54) is 0 Å². The Morgan fingerprint density at radius 2 is 2.00 bits per heavy atom. The molecule has 0 aliphatic carbocycles. The summed E-state index contributed by atoms with van der Waals surface area (Å²) in [6.45, 7) is 5.34. The second-order valence-corrected chi connectivity index (χ2v) is 5.76. The van der Waals surface area contributed by atoms with Gasteiger partial charge < -0.3 is 20.1 Å². The van der Waals surface area contributed by atoms with E-state index in [2.05, 4.69) is 18.7 Å². The Kier molecular flexibility index (Phi) is 3.90. The number of piperidine rings is 1. The van der Waals surface area contributed by atoms with Gasteiger partial charge in [0.2, 0.25) is 0 Å². The van der Waals surface area contributed by atoms with Crippen molar-refractivity contribution >= 4 is 5.69 Å². The standard InChI is InChI=1S/C15H24N2O2/c1-15(2)8-7-11(16)10-17(15)13-9-12(18-3)5-6-14(13)19-4/h5-6,9,11H,7-8,10,16H2,1-4H3. The van der Waals surface area contributed by atoms with Crippen molar-refractivity contribution in [2.75, 3.05) is 25.7 Å². The van der Waals surface area contributed by atoms with Gasteiger partial charge in [-0.1, -0.05) is 0 Å². The van der Waals surface area contributed by atoms with Crippen LogP contribution in [0.2, 0.25) is 0 Å². The summed E-state index contributed by atoms with van der Waals surface area (Å²) in [6, 6.07) is 6.10. The largest absolute Gasteiger partial charge is 0.497 e. The molecule has 0 radical (unpaired) electrons. The van der Waals surface area contributed by atoms with Crippen LogP contribution in [-0.2, 0) is 0 Å². The van der Waals surface area contributed by atoms with Crippen LogP contribution in [0.5, 0.6) is 11.5 Å². The van der Waals surface area contributed by atoms with E-state index in [0.717, 1.165) is 36.6 Å². The first-order chi connectivity index (χ1) is 8.97. The van der Waals surface area contributed by atoms with Crippen LogP contribution in [-0.4, -0.2) is 32.3 Å². The van der Waals surface area contributed by atoms with Gasteiger partial charge in [0, 0.05) is 24.2 Å². The average Bonchev–Trinajstić information content (AvgIpc) is 2.41. The van der Waals surface area contributed by atoms with Gasteiger partial charge in [-0.2, -0.15) is 0 Å². The molecular formula is C15H24N2O2. The van der Waals surface area contributed by atoms with Gasteiger partial charge in [0.15, 0.2) is 0 Å². The fourth-order valence-electron chi connectivity index (χ4n) is 2.68. The van der Waals surface area contributed by atoms with Gasteiger partial charge in [0.25, 0.3) is 0 Å². The fourth-order valence-corrected chi connectivity index (χ4v) is 2.68. The van der Waals surface area contributed by atoms with Crippen molar-refractivity contribution in [3.63, 3.8) is 0 Å². The van der Waals surface area contributed by atoms with E-state index in [1.54, 1.807) is 14.2 Å². The Labute approximate surface area is 115 Å². The van der Waals surface area contributed by atoms with E-state index >= 15 is 0 Å². The third-order valence-corrected chi connectivity index (χ3v) is 3.95. The molecule has 1 aromatic carbocycles. The van der Waals surface area contributed by atoms with Crippen LogP contribution >= 0.6 is 0 Å². The molecule has 2 rings (SSSR count). The predicted octanol–water partition coefficient (Wildman–Crippen LogP) is 2.41. The number of nitrogens with zero attached hydrogens (tertiary/aromatic N) is 1. The van der Waals surface area contributed by atoms with Crippen LogP contribution in [0.25, 0.3) is 0 Å². The Morgan fingerprint density at radius 1 is 1.26 bits per heavy atom. The highest BCUT2D eigenvalue weighted by Gasteiger charge is 2.34. The molecule has 1 aromatic rings. The molecule has 4 heteroatoms. The number of hydrogen-bond acceptors (Lipinski definition) is 4. The van der Waals surface area contributed by atoms with E-state index in [-0.39, 0.29) is 11.6 Å². The third-order valence-electron chi connectivity index (χ3n) is 3.95. The van der Waals surface area contributed by atoms with Crippen LogP contribution in [0.15, 0.2) is 18.2 Å². The summed E-state index contributed by atoms with van der Waals surface area (Å²) >= 11 is 0. The zero-order valence-electron chi connectivity index (χ0n) is 12.3. The lowest BCUT2D eigenvalue weighted by Gasteiger charge is -2.46. The highest BCUT2D eigenvalue weighted by atomic mass is 16.5. The highest BCUT2D eigenvalue weighted by Crippen LogP contribution is 2.39. The minimum atomic E-state index is 0.0789. The number of rotatable bonds is 3. The molecule has 4 nitrogen and oxygen atoms in total. The molecule has 19 heavy (non-hydrogen) atoms. The summed E-state index contributed by atoms with van der Waals surface area (Å²) in [5, 5.41) is 0. The lowest BCUT2D eigenvalue weighted by atomic mass is 9.87. The molecule has 0 aromatic heterocycles. The number of benzene rings is 1. The van der Waals surface area contributed by atoms with Crippen molar-refractivity contribution in [2.24, 2.45) is 5.73 Å². The van der Waals surface area contributed by atoms with E-state index in [0.29, 0.717) is 0 Å². The maximum atomic E-state index is 6.13. The van der Waals surface area contributed by atoms with Gasteiger partial charge in [-0.3, -0.25) is 0 Å². The fraction of sp³-hybridized carbons (Fsp3) is 0.600. The molecule has 106 valence electrons. The first-order valence-electron chi connectivity index (χ1n) is 6.73. The average molecular weight is 264 g/mol. The third kappa shape index (κ3) is 2.78. The maximum absolute atomic E-state index is 6.13. The van der Waals surface area contributed by atoms with Gasteiger partial charge in [0.1, 0.15) is 11.5 Å². The zero-order chi connectivity index (χ0) is 14.0. The summed E-state index contributed by atoms with van der Waals surface area (Å²) in [4.78, 5) is 2.34. The monoisotopic (exact) mass is 264 g/mol. The summed E-state index contributed by atoms with van der Waals surface area (Å²) in [5.41, 5.74) is 7.27. The molecule has 1 aliphatic heterocycles. The molecule has 1 heterocycles. The summed E-state index contributed by atoms with van der Waals surface area (Å²) in [6.07, 6.45) is 2.14. The van der Waals surface area contributed by atoms with Crippen molar-refractivity contribution < 1.29 is 9.47 Å². The molecule has 0 spiro atoms. The molecule has 1 saturated heterocycles. The number of anilines is 1. The van der Waals surface area contributed by atoms with Crippen LogP contribution in [0.1, 0.15) is 26.7 Å². The van der Waals surface area contributed by atoms with Crippen molar-refractivity contribution in [1.82, 2.24) is 0 Å². The van der Waals surface area contributed by atoms with Crippen molar-refractivity contribution in [2.45, 2.75) is 38.3 Å².